The van der Waals surface area contributed by atoms with E-state index in [1.165, 1.54) is 29.4 Å². The first-order valence-electron chi connectivity index (χ1n) is 10.9. The molecule has 1 amide bonds. The summed E-state index contributed by atoms with van der Waals surface area (Å²) in [5, 5.41) is 11.1. The van der Waals surface area contributed by atoms with Gasteiger partial charge in [-0.15, -0.1) is 0 Å². The number of ether oxygens (including phenoxy) is 1. The Morgan fingerprint density at radius 2 is 1.66 bits per heavy atom. The van der Waals surface area contributed by atoms with Crippen molar-refractivity contribution in [1.29, 1.82) is 0 Å². The first-order valence-corrected chi connectivity index (χ1v) is 10.9. The van der Waals surface area contributed by atoms with Crippen LogP contribution in [0.3, 0.4) is 0 Å². The Morgan fingerprint density at radius 1 is 0.943 bits per heavy atom. The van der Waals surface area contributed by atoms with Crippen molar-refractivity contribution in [3.8, 4) is 11.5 Å². The Kier molecular flexibility index (Phi) is 5.66. The van der Waals surface area contributed by atoms with E-state index < -0.39 is 29.3 Å². The Morgan fingerprint density at radius 3 is 2.31 bits per heavy atom. The SMILES string of the molecule is Cc1cc(/C(O)=C2/C(=O)C(=O)N(c3ccc(Oc4ccccc4)cc3)C2c2ccco2)ccc1F. The molecule has 1 unspecified atom stereocenters. The van der Waals surface area contributed by atoms with E-state index in [0.717, 1.165) is 0 Å². The number of halogens is 1. The summed E-state index contributed by atoms with van der Waals surface area (Å²) >= 11 is 0. The van der Waals surface area contributed by atoms with E-state index >= 15 is 0 Å². The van der Waals surface area contributed by atoms with Crippen molar-refractivity contribution < 1.29 is 28.2 Å². The van der Waals surface area contributed by atoms with E-state index in [1.54, 1.807) is 43.3 Å². The van der Waals surface area contributed by atoms with Crippen molar-refractivity contribution >= 4 is 23.1 Å². The molecule has 174 valence electrons. The van der Waals surface area contributed by atoms with Gasteiger partial charge < -0.3 is 14.3 Å². The van der Waals surface area contributed by atoms with Gasteiger partial charge in [-0.3, -0.25) is 14.5 Å². The molecule has 1 atom stereocenters. The average molecular weight is 469 g/mol. The van der Waals surface area contributed by atoms with Crippen LogP contribution in [0.15, 0.2) is 101 Å². The van der Waals surface area contributed by atoms with Gasteiger partial charge in [0, 0.05) is 11.3 Å². The zero-order valence-electron chi connectivity index (χ0n) is 18.6. The van der Waals surface area contributed by atoms with Gasteiger partial charge in [0.25, 0.3) is 11.7 Å². The number of hydrogen-bond acceptors (Lipinski definition) is 5. The standard InChI is InChI=1S/C28H20FNO5/c1-17-16-18(9-14-22(17)29)26(31)24-25(23-8-5-15-34-23)30(28(33)27(24)32)19-10-12-21(13-11-19)35-20-6-3-2-4-7-20/h2-16,25,31H,1H3/b26-24-. The van der Waals surface area contributed by atoms with E-state index in [2.05, 4.69) is 0 Å². The summed E-state index contributed by atoms with van der Waals surface area (Å²) < 4.78 is 25.1. The Hall–Kier alpha value is -4.65. The predicted octanol–water partition coefficient (Wildman–Crippen LogP) is 6.15. The molecule has 0 spiro atoms. The number of furan rings is 1. The predicted molar refractivity (Wildman–Crippen MR) is 128 cm³/mol. The highest BCUT2D eigenvalue weighted by Gasteiger charge is 2.48. The van der Waals surface area contributed by atoms with E-state index in [0.29, 0.717) is 28.5 Å². The molecular formula is C28H20FNO5. The average Bonchev–Trinajstić information content (AvgIpc) is 3.49. The van der Waals surface area contributed by atoms with Crippen molar-refractivity contribution in [3.63, 3.8) is 0 Å². The molecule has 7 heteroatoms. The third-order valence-electron chi connectivity index (χ3n) is 5.78. The number of amides is 1. The molecule has 35 heavy (non-hydrogen) atoms. The minimum absolute atomic E-state index is 0.138. The van der Waals surface area contributed by atoms with Crippen LogP contribution in [0.2, 0.25) is 0 Å². The highest BCUT2D eigenvalue weighted by molar-refractivity contribution is 6.51. The van der Waals surface area contributed by atoms with Crippen LogP contribution >= 0.6 is 0 Å². The second-order valence-electron chi connectivity index (χ2n) is 8.06. The van der Waals surface area contributed by atoms with Crippen LogP contribution < -0.4 is 9.64 Å². The molecule has 1 aromatic heterocycles. The number of rotatable bonds is 5. The summed E-state index contributed by atoms with van der Waals surface area (Å²) in [4.78, 5) is 27.5. The molecule has 0 aliphatic carbocycles. The zero-order valence-corrected chi connectivity index (χ0v) is 18.6. The number of benzene rings is 3. The van der Waals surface area contributed by atoms with E-state index in [-0.39, 0.29) is 11.1 Å². The maximum absolute atomic E-state index is 13.8. The van der Waals surface area contributed by atoms with Gasteiger partial charge in [0.05, 0.1) is 11.8 Å². The smallest absolute Gasteiger partial charge is 0.300 e. The molecule has 5 rings (SSSR count). The van der Waals surface area contributed by atoms with Crippen molar-refractivity contribution in [2.45, 2.75) is 13.0 Å². The molecule has 1 aliphatic rings. The topological polar surface area (TPSA) is 80.0 Å². The largest absolute Gasteiger partial charge is 0.507 e. The van der Waals surface area contributed by atoms with Crippen LogP contribution in [0.5, 0.6) is 11.5 Å². The third-order valence-corrected chi connectivity index (χ3v) is 5.78. The second-order valence-corrected chi connectivity index (χ2v) is 8.06. The number of anilines is 1. The lowest BCUT2D eigenvalue weighted by atomic mass is 9.98. The summed E-state index contributed by atoms with van der Waals surface area (Å²) in [6.07, 6.45) is 1.42. The zero-order chi connectivity index (χ0) is 24.5. The van der Waals surface area contributed by atoms with Crippen LogP contribution in [0.4, 0.5) is 10.1 Å². The molecule has 0 saturated carbocycles. The molecule has 1 saturated heterocycles. The summed E-state index contributed by atoms with van der Waals surface area (Å²) in [5.74, 6) is -1.02. The van der Waals surface area contributed by atoms with Gasteiger partial charge in [-0.2, -0.15) is 0 Å². The molecule has 1 fully saturated rings. The van der Waals surface area contributed by atoms with Gasteiger partial charge in [-0.1, -0.05) is 18.2 Å². The Labute approximate surface area is 200 Å². The normalized spacial score (nSPS) is 17.1. The molecule has 1 aliphatic heterocycles. The summed E-state index contributed by atoms with van der Waals surface area (Å²) in [6.45, 7) is 1.55. The molecular weight excluding hydrogens is 449 g/mol. The molecule has 4 aromatic rings. The molecule has 6 nitrogen and oxygen atoms in total. The molecule has 1 N–H and O–H groups in total. The minimum atomic E-state index is -1.00. The lowest BCUT2D eigenvalue weighted by molar-refractivity contribution is -0.132. The highest BCUT2D eigenvalue weighted by atomic mass is 19.1. The quantitative estimate of drug-likeness (QED) is 0.216. The summed E-state index contributed by atoms with van der Waals surface area (Å²) in [7, 11) is 0. The van der Waals surface area contributed by atoms with Crippen LogP contribution in [0.1, 0.15) is 22.9 Å². The van der Waals surface area contributed by atoms with Crippen LogP contribution in [-0.4, -0.2) is 16.8 Å². The maximum Gasteiger partial charge on any atom is 0.300 e. The number of carbonyl (C=O) groups is 2. The number of aliphatic hydroxyl groups is 1. The molecule has 0 radical (unpaired) electrons. The number of aryl methyl sites for hydroxylation is 1. The van der Waals surface area contributed by atoms with Crippen LogP contribution in [-0.2, 0) is 9.59 Å². The first-order chi connectivity index (χ1) is 16.9. The number of aliphatic hydroxyl groups excluding tert-OH is 1. The number of hydrogen-bond donors (Lipinski definition) is 1. The summed E-state index contributed by atoms with van der Waals surface area (Å²) in [6, 6.07) is 22.2. The van der Waals surface area contributed by atoms with Crippen molar-refractivity contribution in [2.75, 3.05) is 4.90 Å². The molecule has 2 heterocycles. The first kappa shape index (κ1) is 22.2. The monoisotopic (exact) mass is 469 g/mol. The van der Waals surface area contributed by atoms with Gasteiger partial charge in [0.2, 0.25) is 0 Å². The Balaban J connectivity index is 1.56. The third kappa shape index (κ3) is 4.08. The lowest BCUT2D eigenvalue weighted by Gasteiger charge is -2.23. The highest BCUT2D eigenvalue weighted by Crippen LogP contribution is 2.42. The number of Topliss-reactive ketones (excluding diaryl/α,β-unsaturated/α-hetero) is 1. The van der Waals surface area contributed by atoms with E-state index in [1.807, 2.05) is 30.3 Å². The second kappa shape index (κ2) is 8.95. The van der Waals surface area contributed by atoms with Gasteiger partial charge >= 0.3 is 0 Å². The van der Waals surface area contributed by atoms with Crippen molar-refractivity contribution in [1.82, 2.24) is 0 Å². The summed E-state index contributed by atoms with van der Waals surface area (Å²) in [5.41, 5.74) is 0.806. The number of para-hydroxylation sites is 1. The lowest BCUT2D eigenvalue weighted by Crippen LogP contribution is -2.29. The van der Waals surface area contributed by atoms with Crippen LogP contribution in [0, 0.1) is 12.7 Å². The van der Waals surface area contributed by atoms with Gasteiger partial charge in [0.15, 0.2) is 0 Å². The Bertz CT molecular complexity index is 1430. The fourth-order valence-corrected chi connectivity index (χ4v) is 4.06. The van der Waals surface area contributed by atoms with Crippen molar-refractivity contribution in [2.24, 2.45) is 0 Å². The van der Waals surface area contributed by atoms with Crippen molar-refractivity contribution in [3.05, 3.63) is 119 Å². The fraction of sp³-hybridized carbons (Fsp3) is 0.0714. The molecule has 3 aromatic carbocycles. The van der Waals surface area contributed by atoms with Gasteiger partial charge in [0.1, 0.15) is 34.9 Å². The van der Waals surface area contributed by atoms with Crippen LogP contribution in [0.25, 0.3) is 5.76 Å². The van der Waals surface area contributed by atoms with E-state index in [9.17, 15) is 19.1 Å². The number of ketones is 1. The van der Waals surface area contributed by atoms with Gasteiger partial charge in [-0.05, 0) is 79.2 Å². The fourth-order valence-electron chi connectivity index (χ4n) is 4.06. The number of carbonyl (C=O) groups excluding carboxylic acids is 2. The minimum Gasteiger partial charge on any atom is -0.507 e. The maximum atomic E-state index is 13.8. The van der Waals surface area contributed by atoms with Gasteiger partial charge in [-0.25, -0.2) is 4.39 Å². The van der Waals surface area contributed by atoms with E-state index in [4.69, 9.17) is 9.15 Å². The number of nitrogens with zero attached hydrogens (tertiary/aromatic N) is 1. The molecule has 0 bridgehead atoms.